The molecular weight excluding hydrogens is 336 g/mol. The first-order valence-electron chi connectivity index (χ1n) is 9.66. The lowest BCUT2D eigenvalue weighted by atomic mass is 9.95. The minimum Gasteiger partial charge on any atom is -0.345 e. The average molecular weight is 367 g/mol. The Morgan fingerprint density at radius 1 is 0.815 bits per heavy atom. The van der Waals surface area contributed by atoms with E-state index in [1.165, 1.54) is 0 Å². The molecule has 0 bridgehead atoms. The summed E-state index contributed by atoms with van der Waals surface area (Å²) in [5.41, 5.74) is 2.13. The third-order valence-corrected chi connectivity index (χ3v) is 4.56. The summed E-state index contributed by atoms with van der Waals surface area (Å²) in [5.74, 6) is -0.205. The van der Waals surface area contributed by atoms with Crippen LogP contribution in [0.3, 0.4) is 0 Å². The molecule has 0 saturated heterocycles. The summed E-state index contributed by atoms with van der Waals surface area (Å²) >= 11 is 0. The van der Waals surface area contributed by atoms with Gasteiger partial charge < -0.3 is 10.6 Å². The van der Waals surface area contributed by atoms with Gasteiger partial charge in [0.15, 0.2) is 5.78 Å². The van der Waals surface area contributed by atoms with E-state index < -0.39 is 6.04 Å². The Labute approximate surface area is 162 Å². The summed E-state index contributed by atoms with van der Waals surface area (Å²) in [6, 6.07) is 18.9. The van der Waals surface area contributed by atoms with E-state index in [-0.39, 0.29) is 23.7 Å². The van der Waals surface area contributed by atoms with Crippen LogP contribution >= 0.6 is 0 Å². The van der Waals surface area contributed by atoms with Crippen LogP contribution in [0.4, 0.5) is 0 Å². The van der Waals surface area contributed by atoms with Crippen molar-refractivity contribution in [3.8, 4) is 0 Å². The van der Waals surface area contributed by atoms with Crippen molar-refractivity contribution in [1.82, 2.24) is 10.6 Å². The molecule has 2 N–H and O–H groups in total. The zero-order valence-corrected chi connectivity index (χ0v) is 16.4. The Bertz CT molecular complexity index is 714. The Balaban J connectivity index is 2.12. The lowest BCUT2D eigenvalue weighted by Crippen LogP contribution is -2.52. The van der Waals surface area contributed by atoms with Gasteiger partial charge >= 0.3 is 0 Å². The van der Waals surface area contributed by atoms with Crippen LogP contribution in [0.25, 0.3) is 0 Å². The molecule has 4 heteroatoms. The Morgan fingerprint density at radius 2 is 1.30 bits per heavy atom. The fraction of sp³-hybridized carbons (Fsp3) is 0.391. The molecule has 0 fully saturated rings. The van der Waals surface area contributed by atoms with Gasteiger partial charge in [-0.15, -0.1) is 0 Å². The number of likely N-dealkylation sites (N-methyl/N-ethyl adjacent to an activating group) is 1. The zero-order valence-electron chi connectivity index (χ0n) is 16.4. The second kappa shape index (κ2) is 10.6. The molecule has 4 nitrogen and oxygen atoms in total. The van der Waals surface area contributed by atoms with Crippen molar-refractivity contribution in [2.75, 3.05) is 6.54 Å². The number of hydrogen-bond acceptors (Lipinski definition) is 3. The smallest absolute Gasteiger partial charge is 0.238 e. The molecule has 0 spiro atoms. The molecule has 2 rings (SSSR count). The van der Waals surface area contributed by atoms with Gasteiger partial charge in [0, 0.05) is 5.92 Å². The summed E-state index contributed by atoms with van der Waals surface area (Å²) in [5, 5.41) is 6.25. The number of carbonyl (C=O) groups excluding carboxylic acids is 2. The number of rotatable bonds is 10. The fourth-order valence-corrected chi connectivity index (χ4v) is 3.10. The van der Waals surface area contributed by atoms with Gasteiger partial charge in [-0.25, -0.2) is 0 Å². The van der Waals surface area contributed by atoms with E-state index in [1.807, 2.05) is 81.4 Å². The fourth-order valence-electron chi connectivity index (χ4n) is 3.10. The van der Waals surface area contributed by atoms with Crippen LogP contribution in [-0.2, 0) is 22.4 Å². The van der Waals surface area contributed by atoms with Crippen molar-refractivity contribution in [1.29, 1.82) is 0 Å². The summed E-state index contributed by atoms with van der Waals surface area (Å²) < 4.78 is 0. The third kappa shape index (κ3) is 6.65. The molecular formula is C23H30N2O2. The maximum atomic E-state index is 12.9. The molecule has 27 heavy (non-hydrogen) atoms. The summed E-state index contributed by atoms with van der Waals surface area (Å²) in [6.07, 6.45) is 1.10. The SMILES string of the molecule is CCNC(Cc1ccccc1)C(=O)NC(Cc1ccccc1)C(=O)C(C)C. The number of amides is 1. The third-order valence-electron chi connectivity index (χ3n) is 4.56. The highest BCUT2D eigenvalue weighted by Gasteiger charge is 2.27. The van der Waals surface area contributed by atoms with Gasteiger partial charge in [-0.3, -0.25) is 9.59 Å². The Hall–Kier alpha value is -2.46. The van der Waals surface area contributed by atoms with E-state index in [9.17, 15) is 9.59 Å². The monoisotopic (exact) mass is 366 g/mol. The minimum atomic E-state index is -0.517. The number of nitrogens with one attached hydrogen (secondary N) is 2. The molecule has 2 aromatic carbocycles. The summed E-state index contributed by atoms with van der Waals surface area (Å²) in [4.78, 5) is 25.6. The maximum Gasteiger partial charge on any atom is 0.238 e. The largest absolute Gasteiger partial charge is 0.345 e. The highest BCUT2D eigenvalue weighted by atomic mass is 16.2. The number of carbonyl (C=O) groups is 2. The van der Waals surface area contributed by atoms with Gasteiger partial charge in [-0.2, -0.15) is 0 Å². The first kappa shape index (κ1) is 20.8. The van der Waals surface area contributed by atoms with E-state index in [0.29, 0.717) is 19.4 Å². The molecule has 0 aliphatic carbocycles. The molecule has 0 radical (unpaired) electrons. The molecule has 0 aliphatic rings. The van der Waals surface area contributed by atoms with E-state index in [1.54, 1.807) is 0 Å². The number of Topliss-reactive ketones (excluding diaryl/α,β-unsaturated/α-hetero) is 1. The molecule has 0 saturated carbocycles. The lowest BCUT2D eigenvalue weighted by Gasteiger charge is -2.24. The Kier molecular flexibility index (Phi) is 8.21. The molecule has 2 aromatic rings. The van der Waals surface area contributed by atoms with Crippen LogP contribution in [0.1, 0.15) is 31.9 Å². The van der Waals surface area contributed by atoms with E-state index in [4.69, 9.17) is 0 Å². The average Bonchev–Trinajstić information content (AvgIpc) is 2.68. The van der Waals surface area contributed by atoms with Crippen molar-refractivity contribution in [3.05, 3.63) is 71.8 Å². The Morgan fingerprint density at radius 3 is 1.74 bits per heavy atom. The van der Waals surface area contributed by atoms with Crippen molar-refractivity contribution in [2.24, 2.45) is 5.92 Å². The molecule has 0 aromatic heterocycles. The molecule has 0 aliphatic heterocycles. The topological polar surface area (TPSA) is 58.2 Å². The maximum absolute atomic E-state index is 12.9. The quantitative estimate of drug-likeness (QED) is 0.679. The van der Waals surface area contributed by atoms with Crippen LogP contribution in [0.2, 0.25) is 0 Å². The molecule has 1 amide bonds. The second-order valence-electron chi connectivity index (χ2n) is 7.11. The molecule has 2 unspecified atom stereocenters. The van der Waals surface area contributed by atoms with Crippen LogP contribution < -0.4 is 10.6 Å². The predicted molar refractivity (Wildman–Crippen MR) is 110 cm³/mol. The van der Waals surface area contributed by atoms with Crippen molar-refractivity contribution < 1.29 is 9.59 Å². The first-order chi connectivity index (χ1) is 13.0. The predicted octanol–water partition coefficient (Wildman–Crippen LogP) is 3.16. The van der Waals surface area contributed by atoms with Crippen molar-refractivity contribution in [3.63, 3.8) is 0 Å². The molecule has 144 valence electrons. The van der Waals surface area contributed by atoms with Crippen molar-refractivity contribution >= 4 is 11.7 Å². The molecule has 0 heterocycles. The van der Waals surface area contributed by atoms with Gasteiger partial charge in [0.1, 0.15) is 0 Å². The van der Waals surface area contributed by atoms with Gasteiger partial charge in [-0.1, -0.05) is 81.4 Å². The van der Waals surface area contributed by atoms with Crippen LogP contribution in [-0.4, -0.2) is 30.3 Å². The normalized spacial score (nSPS) is 13.2. The van der Waals surface area contributed by atoms with Gasteiger partial charge in [0.25, 0.3) is 0 Å². The second-order valence-corrected chi connectivity index (χ2v) is 7.11. The number of hydrogen-bond donors (Lipinski definition) is 2. The van der Waals surface area contributed by atoms with E-state index in [2.05, 4.69) is 10.6 Å². The van der Waals surface area contributed by atoms with Crippen LogP contribution in [0.15, 0.2) is 60.7 Å². The van der Waals surface area contributed by atoms with Gasteiger partial charge in [0.2, 0.25) is 5.91 Å². The highest BCUT2D eigenvalue weighted by Crippen LogP contribution is 2.10. The van der Waals surface area contributed by atoms with E-state index >= 15 is 0 Å². The summed E-state index contributed by atoms with van der Waals surface area (Å²) in [7, 11) is 0. The van der Waals surface area contributed by atoms with Gasteiger partial charge in [0.05, 0.1) is 12.1 Å². The lowest BCUT2D eigenvalue weighted by molar-refractivity contribution is -0.130. The number of ketones is 1. The number of benzene rings is 2. The van der Waals surface area contributed by atoms with Crippen LogP contribution in [0, 0.1) is 5.92 Å². The standard InChI is InChI=1S/C23H30N2O2/c1-4-24-21(16-19-13-9-6-10-14-19)23(27)25-20(22(26)17(2)3)15-18-11-7-5-8-12-18/h5-14,17,20-21,24H,4,15-16H2,1-3H3,(H,25,27). The zero-order chi connectivity index (χ0) is 19.6. The van der Waals surface area contributed by atoms with Crippen LogP contribution in [0.5, 0.6) is 0 Å². The first-order valence-corrected chi connectivity index (χ1v) is 9.66. The highest BCUT2D eigenvalue weighted by molar-refractivity contribution is 5.92. The van der Waals surface area contributed by atoms with Crippen molar-refractivity contribution in [2.45, 2.75) is 45.7 Å². The summed E-state index contributed by atoms with van der Waals surface area (Å²) in [6.45, 7) is 6.41. The van der Waals surface area contributed by atoms with E-state index in [0.717, 1.165) is 11.1 Å². The minimum absolute atomic E-state index is 0.0576. The van der Waals surface area contributed by atoms with Gasteiger partial charge in [-0.05, 0) is 30.5 Å². The molecule has 2 atom stereocenters.